The van der Waals surface area contributed by atoms with E-state index in [-0.39, 0.29) is 12.5 Å². The highest BCUT2D eigenvalue weighted by molar-refractivity contribution is 5.78. The number of anilines is 1. The van der Waals surface area contributed by atoms with Crippen molar-refractivity contribution in [1.29, 1.82) is 0 Å². The number of methoxy groups -OCH3 is 1. The minimum atomic E-state index is 0.00876. The van der Waals surface area contributed by atoms with Crippen LogP contribution in [0.2, 0.25) is 0 Å². The molecular formula is C20H24N2O3. The van der Waals surface area contributed by atoms with Crippen LogP contribution in [0.4, 0.5) is 5.69 Å². The van der Waals surface area contributed by atoms with Crippen LogP contribution in [-0.4, -0.2) is 50.7 Å². The van der Waals surface area contributed by atoms with Gasteiger partial charge in [0.2, 0.25) is 0 Å². The van der Waals surface area contributed by atoms with Crippen LogP contribution < -0.4 is 14.4 Å². The van der Waals surface area contributed by atoms with E-state index in [4.69, 9.17) is 9.47 Å². The number of amides is 1. The number of aryl methyl sites for hydroxylation is 1. The smallest absolute Gasteiger partial charge is 0.260 e. The number of hydrogen-bond acceptors (Lipinski definition) is 4. The van der Waals surface area contributed by atoms with Crippen molar-refractivity contribution in [3.05, 3.63) is 54.1 Å². The molecule has 5 nitrogen and oxygen atoms in total. The van der Waals surface area contributed by atoms with Crippen LogP contribution in [0.3, 0.4) is 0 Å². The number of ether oxygens (including phenoxy) is 2. The molecule has 132 valence electrons. The zero-order chi connectivity index (χ0) is 17.6. The molecule has 0 saturated carbocycles. The van der Waals surface area contributed by atoms with Crippen molar-refractivity contribution in [3.63, 3.8) is 0 Å². The summed E-state index contributed by atoms with van der Waals surface area (Å²) in [6.07, 6.45) is 0. The van der Waals surface area contributed by atoms with Crippen molar-refractivity contribution >= 4 is 11.6 Å². The van der Waals surface area contributed by atoms with Gasteiger partial charge in [0.15, 0.2) is 18.1 Å². The van der Waals surface area contributed by atoms with Crippen LogP contribution in [0, 0.1) is 6.92 Å². The van der Waals surface area contributed by atoms with Gasteiger partial charge in [-0.3, -0.25) is 4.79 Å². The molecule has 1 amide bonds. The van der Waals surface area contributed by atoms with Crippen molar-refractivity contribution in [1.82, 2.24) is 4.90 Å². The van der Waals surface area contributed by atoms with Gasteiger partial charge >= 0.3 is 0 Å². The van der Waals surface area contributed by atoms with Crippen LogP contribution in [-0.2, 0) is 4.79 Å². The average Bonchev–Trinajstić information content (AvgIpc) is 2.67. The molecule has 1 fully saturated rings. The van der Waals surface area contributed by atoms with Crippen LogP contribution in [0.1, 0.15) is 5.56 Å². The van der Waals surface area contributed by atoms with Crippen molar-refractivity contribution in [2.45, 2.75) is 6.92 Å². The number of nitrogens with zero attached hydrogens (tertiary/aromatic N) is 2. The van der Waals surface area contributed by atoms with Gasteiger partial charge in [0.05, 0.1) is 7.11 Å². The minimum Gasteiger partial charge on any atom is -0.493 e. The molecule has 0 atom stereocenters. The number of carbonyl (C=O) groups is 1. The average molecular weight is 340 g/mol. The molecule has 0 unspecified atom stereocenters. The summed E-state index contributed by atoms with van der Waals surface area (Å²) in [7, 11) is 1.59. The van der Waals surface area contributed by atoms with E-state index in [1.54, 1.807) is 13.2 Å². The number of para-hydroxylation sites is 2. The lowest BCUT2D eigenvalue weighted by molar-refractivity contribution is -0.133. The van der Waals surface area contributed by atoms with Gasteiger partial charge in [-0.2, -0.15) is 0 Å². The standard InChI is InChI=1S/C20H24N2O3/c1-16-7-9-17(10-8-16)21-11-13-22(14-12-21)20(23)15-25-19-6-4-3-5-18(19)24-2/h3-10H,11-15H2,1-2H3. The topological polar surface area (TPSA) is 42.0 Å². The number of benzene rings is 2. The van der Waals surface area contributed by atoms with E-state index < -0.39 is 0 Å². The Morgan fingerprint density at radius 1 is 0.960 bits per heavy atom. The summed E-state index contributed by atoms with van der Waals surface area (Å²) in [5.74, 6) is 1.24. The molecule has 0 bridgehead atoms. The maximum Gasteiger partial charge on any atom is 0.260 e. The largest absolute Gasteiger partial charge is 0.493 e. The van der Waals surface area contributed by atoms with E-state index in [0.29, 0.717) is 24.6 Å². The Morgan fingerprint density at radius 2 is 1.60 bits per heavy atom. The Labute approximate surface area is 148 Å². The summed E-state index contributed by atoms with van der Waals surface area (Å²) in [6.45, 7) is 5.21. The van der Waals surface area contributed by atoms with E-state index in [2.05, 4.69) is 36.1 Å². The van der Waals surface area contributed by atoms with Crippen molar-refractivity contribution < 1.29 is 14.3 Å². The monoisotopic (exact) mass is 340 g/mol. The highest BCUT2D eigenvalue weighted by Gasteiger charge is 2.21. The first kappa shape index (κ1) is 17.1. The Morgan fingerprint density at radius 3 is 2.24 bits per heavy atom. The third-order valence-corrected chi connectivity index (χ3v) is 4.45. The first-order valence-corrected chi connectivity index (χ1v) is 8.52. The van der Waals surface area contributed by atoms with Crippen LogP contribution in [0.15, 0.2) is 48.5 Å². The summed E-state index contributed by atoms with van der Waals surface area (Å²) < 4.78 is 10.9. The van der Waals surface area contributed by atoms with Crippen molar-refractivity contribution in [3.8, 4) is 11.5 Å². The quantitative estimate of drug-likeness (QED) is 0.839. The fraction of sp³-hybridized carbons (Fsp3) is 0.350. The zero-order valence-electron chi connectivity index (χ0n) is 14.8. The second-order valence-corrected chi connectivity index (χ2v) is 6.14. The lowest BCUT2D eigenvalue weighted by Crippen LogP contribution is -2.50. The van der Waals surface area contributed by atoms with E-state index >= 15 is 0 Å². The van der Waals surface area contributed by atoms with Crippen LogP contribution in [0.5, 0.6) is 11.5 Å². The van der Waals surface area contributed by atoms with E-state index in [1.807, 2.05) is 23.1 Å². The third kappa shape index (κ3) is 4.24. The molecule has 5 heteroatoms. The van der Waals surface area contributed by atoms with Gasteiger partial charge in [0, 0.05) is 31.9 Å². The van der Waals surface area contributed by atoms with Gasteiger partial charge in [-0.15, -0.1) is 0 Å². The summed E-state index contributed by atoms with van der Waals surface area (Å²) in [4.78, 5) is 16.6. The number of piperazine rings is 1. The molecule has 1 heterocycles. The molecule has 25 heavy (non-hydrogen) atoms. The van der Waals surface area contributed by atoms with Crippen LogP contribution >= 0.6 is 0 Å². The minimum absolute atomic E-state index is 0.00876. The molecule has 0 N–H and O–H groups in total. The molecule has 0 aliphatic carbocycles. The van der Waals surface area contributed by atoms with E-state index in [0.717, 1.165) is 13.1 Å². The molecule has 0 spiro atoms. The number of rotatable bonds is 5. The maximum absolute atomic E-state index is 12.4. The summed E-state index contributed by atoms with van der Waals surface area (Å²) >= 11 is 0. The highest BCUT2D eigenvalue weighted by Crippen LogP contribution is 2.25. The molecule has 1 saturated heterocycles. The molecule has 1 aliphatic heterocycles. The van der Waals surface area contributed by atoms with Gasteiger partial charge in [0.25, 0.3) is 5.91 Å². The predicted molar refractivity (Wildman–Crippen MR) is 98.5 cm³/mol. The first-order chi connectivity index (χ1) is 12.2. The fourth-order valence-electron chi connectivity index (χ4n) is 2.94. The Kier molecular flexibility index (Phi) is 5.43. The Balaban J connectivity index is 1.50. The molecular weight excluding hydrogens is 316 g/mol. The molecule has 0 aromatic heterocycles. The summed E-state index contributed by atoms with van der Waals surface area (Å²) in [5, 5.41) is 0. The summed E-state index contributed by atoms with van der Waals surface area (Å²) in [6, 6.07) is 15.9. The SMILES string of the molecule is COc1ccccc1OCC(=O)N1CCN(c2ccc(C)cc2)CC1. The second-order valence-electron chi connectivity index (χ2n) is 6.14. The van der Waals surface area contributed by atoms with Crippen molar-refractivity contribution in [2.75, 3.05) is 44.8 Å². The van der Waals surface area contributed by atoms with Crippen LogP contribution in [0.25, 0.3) is 0 Å². The maximum atomic E-state index is 12.4. The first-order valence-electron chi connectivity index (χ1n) is 8.52. The number of hydrogen-bond donors (Lipinski definition) is 0. The highest BCUT2D eigenvalue weighted by atomic mass is 16.5. The third-order valence-electron chi connectivity index (χ3n) is 4.45. The molecule has 3 rings (SSSR count). The molecule has 2 aromatic rings. The lowest BCUT2D eigenvalue weighted by atomic mass is 10.2. The van der Waals surface area contributed by atoms with Gasteiger partial charge in [-0.25, -0.2) is 0 Å². The Bertz CT molecular complexity index is 707. The fourth-order valence-corrected chi connectivity index (χ4v) is 2.94. The lowest BCUT2D eigenvalue weighted by Gasteiger charge is -2.36. The molecule has 0 radical (unpaired) electrons. The molecule has 1 aliphatic rings. The normalized spacial score (nSPS) is 14.3. The molecule has 2 aromatic carbocycles. The summed E-state index contributed by atoms with van der Waals surface area (Å²) in [5.41, 5.74) is 2.47. The van der Waals surface area contributed by atoms with E-state index in [9.17, 15) is 4.79 Å². The van der Waals surface area contributed by atoms with Crippen molar-refractivity contribution in [2.24, 2.45) is 0 Å². The second kappa shape index (κ2) is 7.92. The predicted octanol–water partition coefficient (Wildman–Crippen LogP) is 2.73. The van der Waals surface area contributed by atoms with Gasteiger partial charge < -0.3 is 19.3 Å². The van der Waals surface area contributed by atoms with Gasteiger partial charge in [-0.1, -0.05) is 29.8 Å². The zero-order valence-corrected chi connectivity index (χ0v) is 14.8. The number of carbonyl (C=O) groups excluding carboxylic acids is 1. The van der Waals surface area contributed by atoms with Gasteiger partial charge in [-0.05, 0) is 31.2 Å². The van der Waals surface area contributed by atoms with Gasteiger partial charge in [0.1, 0.15) is 0 Å². The Hall–Kier alpha value is -2.69. The van der Waals surface area contributed by atoms with E-state index in [1.165, 1.54) is 11.3 Å².